The van der Waals surface area contributed by atoms with Crippen LogP contribution in [0.25, 0.3) is 0 Å². The summed E-state index contributed by atoms with van der Waals surface area (Å²) in [6.07, 6.45) is 7.27. The van der Waals surface area contributed by atoms with Crippen LogP contribution in [0.5, 0.6) is 0 Å². The van der Waals surface area contributed by atoms with Gasteiger partial charge in [-0.25, -0.2) is 4.79 Å². The van der Waals surface area contributed by atoms with E-state index < -0.39 is 0 Å². The van der Waals surface area contributed by atoms with E-state index in [0.717, 1.165) is 65.0 Å². The molecule has 2 N–H and O–H groups in total. The average molecular weight is 367 g/mol. The zero-order valence-corrected chi connectivity index (χ0v) is 16.0. The molecule has 0 aromatic carbocycles. The van der Waals surface area contributed by atoms with Gasteiger partial charge >= 0.3 is 6.03 Å². The third-order valence-corrected chi connectivity index (χ3v) is 6.00. The molecule has 0 radical (unpaired) electrons. The summed E-state index contributed by atoms with van der Waals surface area (Å²) < 4.78 is 5.70. The Bertz CT molecular complexity index is 473. The van der Waals surface area contributed by atoms with Gasteiger partial charge in [0.1, 0.15) is 0 Å². The van der Waals surface area contributed by atoms with E-state index in [1.807, 2.05) is 0 Å². The molecule has 3 aliphatic rings. The fourth-order valence-electron chi connectivity index (χ4n) is 4.31. The molecule has 148 valence electrons. The summed E-state index contributed by atoms with van der Waals surface area (Å²) in [4.78, 5) is 28.8. The van der Waals surface area contributed by atoms with Crippen molar-refractivity contribution in [3.05, 3.63) is 0 Å². The molecule has 2 aliphatic heterocycles. The van der Waals surface area contributed by atoms with Gasteiger partial charge < -0.3 is 10.1 Å². The third-order valence-electron chi connectivity index (χ3n) is 6.00. The molecule has 0 aromatic heterocycles. The van der Waals surface area contributed by atoms with Gasteiger partial charge in [-0.2, -0.15) is 0 Å². The highest BCUT2D eigenvalue weighted by molar-refractivity contribution is 5.95. The lowest BCUT2D eigenvalue weighted by Crippen LogP contribution is -2.53. The zero-order valence-electron chi connectivity index (χ0n) is 16.0. The maximum absolute atomic E-state index is 12.2. The fraction of sp³-hybridized carbons (Fsp3) is 0.895. The van der Waals surface area contributed by atoms with Crippen molar-refractivity contribution >= 4 is 11.9 Å². The predicted molar refractivity (Wildman–Crippen MR) is 99.9 cm³/mol. The summed E-state index contributed by atoms with van der Waals surface area (Å²) in [5, 5.41) is 5.47. The summed E-state index contributed by atoms with van der Waals surface area (Å²) in [5.41, 5.74) is 0. The van der Waals surface area contributed by atoms with Crippen LogP contribution in [0.1, 0.15) is 45.4 Å². The maximum Gasteiger partial charge on any atom is 0.321 e. The molecule has 3 atom stereocenters. The number of nitrogens with zero attached hydrogens (tertiary/aromatic N) is 2. The van der Waals surface area contributed by atoms with Crippen molar-refractivity contribution in [1.29, 1.82) is 0 Å². The number of nitrogens with one attached hydrogen (secondary N) is 2. The lowest BCUT2D eigenvalue weighted by molar-refractivity contribution is -0.121. The van der Waals surface area contributed by atoms with E-state index in [-0.39, 0.29) is 18.0 Å². The number of piperazine rings is 1. The molecule has 2 heterocycles. The highest BCUT2D eigenvalue weighted by Gasteiger charge is 2.25. The number of imide groups is 1. The SMILES string of the molecule is CC1CCCCC1NC(=O)NC(=O)CN1CCN(CC2CCCO2)CC1. The zero-order chi connectivity index (χ0) is 18.4. The second-order valence-corrected chi connectivity index (χ2v) is 8.10. The van der Waals surface area contributed by atoms with Crippen LogP contribution in [0.2, 0.25) is 0 Å². The van der Waals surface area contributed by atoms with Crippen molar-refractivity contribution in [2.45, 2.75) is 57.6 Å². The average Bonchev–Trinajstić information content (AvgIpc) is 3.11. The fourth-order valence-corrected chi connectivity index (χ4v) is 4.31. The molecule has 0 aromatic rings. The van der Waals surface area contributed by atoms with E-state index in [2.05, 4.69) is 27.4 Å². The second kappa shape index (κ2) is 9.67. The van der Waals surface area contributed by atoms with Crippen LogP contribution >= 0.6 is 0 Å². The van der Waals surface area contributed by atoms with Gasteiger partial charge in [0.15, 0.2) is 0 Å². The highest BCUT2D eigenvalue weighted by atomic mass is 16.5. The third kappa shape index (κ3) is 5.93. The van der Waals surface area contributed by atoms with Crippen LogP contribution in [0.4, 0.5) is 4.79 Å². The first-order chi connectivity index (χ1) is 12.6. The van der Waals surface area contributed by atoms with Crippen molar-refractivity contribution in [2.75, 3.05) is 45.9 Å². The minimum Gasteiger partial charge on any atom is -0.377 e. The summed E-state index contributed by atoms with van der Waals surface area (Å²) in [7, 11) is 0. The molecule has 0 spiro atoms. The monoisotopic (exact) mass is 366 g/mol. The molecule has 3 unspecified atom stereocenters. The van der Waals surface area contributed by atoms with Crippen molar-refractivity contribution in [3.63, 3.8) is 0 Å². The van der Waals surface area contributed by atoms with E-state index in [0.29, 0.717) is 18.6 Å². The largest absolute Gasteiger partial charge is 0.377 e. The van der Waals surface area contributed by atoms with E-state index in [9.17, 15) is 9.59 Å². The molecular weight excluding hydrogens is 332 g/mol. The molecule has 1 saturated carbocycles. The summed E-state index contributed by atoms with van der Waals surface area (Å²) in [6, 6.07) is -0.149. The van der Waals surface area contributed by atoms with Gasteiger partial charge in [0.2, 0.25) is 5.91 Å². The van der Waals surface area contributed by atoms with Gasteiger partial charge in [-0.3, -0.25) is 19.9 Å². The van der Waals surface area contributed by atoms with Crippen LogP contribution < -0.4 is 10.6 Å². The molecule has 3 rings (SSSR count). The Hall–Kier alpha value is -1.18. The van der Waals surface area contributed by atoms with Crippen LogP contribution in [0.3, 0.4) is 0 Å². The minimum atomic E-state index is -0.342. The smallest absolute Gasteiger partial charge is 0.321 e. The number of urea groups is 1. The Kier molecular flexibility index (Phi) is 7.28. The van der Waals surface area contributed by atoms with Crippen molar-refractivity contribution in [1.82, 2.24) is 20.4 Å². The lowest BCUT2D eigenvalue weighted by Gasteiger charge is -2.35. The number of carbonyl (C=O) groups is 2. The molecular formula is C19H34N4O3. The number of amides is 3. The standard InChI is InChI=1S/C19H34N4O3/c1-15-5-2-3-7-17(15)20-19(25)21-18(24)14-23-10-8-22(9-11-23)13-16-6-4-12-26-16/h15-17H,2-14H2,1H3,(H2,20,21,24,25). The first-order valence-electron chi connectivity index (χ1n) is 10.3. The number of carbonyl (C=O) groups excluding carboxylic acids is 2. The lowest BCUT2D eigenvalue weighted by atomic mass is 9.86. The van der Waals surface area contributed by atoms with Gasteiger partial charge in [0, 0.05) is 45.4 Å². The van der Waals surface area contributed by atoms with Crippen molar-refractivity contribution < 1.29 is 14.3 Å². The van der Waals surface area contributed by atoms with Gasteiger partial charge in [0.25, 0.3) is 0 Å². The number of hydrogen-bond acceptors (Lipinski definition) is 5. The van der Waals surface area contributed by atoms with Crippen LogP contribution in [-0.2, 0) is 9.53 Å². The molecule has 2 saturated heterocycles. The molecule has 1 aliphatic carbocycles. The first kappa shape index (κ1) is 19.6. The van der Waals surface area contributed by atoms with Crippen LogP contribution in [-0.4, -0.2) is 79.8 Å². The number of rotatable bonds is 5. The quantitative estimate of drug-likeness (QED) is 0.765. The Morgan fingerprint density at radius 1 is 1.00 bits per heavy atom. The van der Waals surface area contributed by atoms with E-state index in [1.165, 1.54) is 12.8 Å². The Morgan fingerprint density at radius 3 is 2.42 bits per heavy atom. The number of hydrogen-bond donors (Lipinski definition) is 2. The van der Waals surface area contributed by atoms with Gasteiger partial charge in [-0.05, 0) is 31.6 Å². The summed E-state index contributed by atoms with van der Waals surface area (Å²) in [6.45, 7) is 8.00. The topological polar surface area (TPSA) is 73.9 Å². The van der Waals surface area contributed by atoms with Crippen LogP contribution in [0.15, 0.2) is 0 Å². The second-order valence-electron chi connectivity index (χ2n) is 8.10. The molecule has 26 heavy (non-hydrogen) atoms. The summed E-state index contributed by atoms with van der Waals surface area (Å²) >= 11 is 0. The van der Waals surface area contributed by atoms with Gasteiger partial charge in [-0.1, -0.05) is 19.8 Å². The first-order valence-corrected chi connectivity index (χ1v) is 10.3. The Morgan fingerprint density at radius 2 is 1.73 bits per heavy atom. The molecule has 0 bridgehead atoms. The van der Waals surface area contributed by atoms with E-state index >= 15 is 0 Å². The van der Waals surface area contributed by atoms with Crippen LogP contribution in [0, 0.1) is 5.92 Å². The summed E-state index contributed by atoms with van der Waals surface area (Å²) in [5.74, 6) is 0.278. The highest BCUT2D eigenvalue weighted by Crippen LogP contribution is 2.23. The van der Waals surface area contributed by atoms with Crippen molar-refractivity contribution in [2.24, 2.45) is 5.92 Å². The van der Waals surface area contributed by atoms with Gasteiger partial charge in [0.05, 0.1) is 12.6 Å². The molecule has 7 heteroatoms. The maximum atomic E-state index is 12.2. The van der Waals surface area contributed by atoms with E-state index in [1.54, 1.807) is 0 Å². The molecule has 3 fully saturated rings. The Balaban J connectivity index is 1.31. The van der Waals surface area contributed by atoms with Crippen molar-refractivity contribution in [3.8, 4) is 0 Å². The van der Waals surface area contributed by atoms with E-state index in [4.69, 9.17) is 4.74 Å². The molecule has 7 nitrogen and oxygen atoms in total. The number of ether oxygens (including phenoxy) is 1. The van der Waals surface area contributed by atoms with Gasteiger partial charge in [-0.15, -0.1) is 0 Å². The normalized spacial score (nSPS) is 30.9. The Labute approximate surface area is 156 Å². The molecule has 3 amide bonds. The predicted octanol–water partition coefficient (Wildman–Crippen LogP) is 1.19. The minimum absolute atomic E-state index is 0.193.